The molecule has 2 aromatic heterocycles. The molecule has 3 nitrogen and oxygen atoms in total. The molecule has 0 aliphatic carbocycles. The zero-order chi connectivity index (χ0) is 13.1. The van der Waals surface area contributed by atoms with Gasteiger partial charge in [-0.2, -0.15) is 0 Å². The number of hydrogen-bond donors (Lipinski definition) is 1. The van der Waals surface area contributed by atoms with Gasteiger partial charge in [0.15, 0.2) is 0 Å². The third-order valence-electron chi connectivity index (χ3n) is 3.27. The smallest absolute Gasteiger partial charge is 0.0455 e. The molecule has 96 valence electrons. The number of hydrogen-bond acceptors (Lipinski definition) is 2. The van der Waals surface area contributed by atoms with Crippen molar-refractivity contribution in [3.8, 4) is 0 Å². The molecular formula is C16H17N3. The molecule has 1 aromatic carbocycles. The maximum Gasteiger partial charge on any atom is 0.0455 e. The normalized spacial score (nSPS) is 10.8. The summed E-state index contributed by atoms with van der Waals surface area (Å²) in [5.74, 6) is 0. The number of nitrogens with one attached hydrogen (secondary N) is 1. The highest BCUT2D eigenvalue weighted by Gasteiger charge is 2.08. The Hall–Kier alpha value is -2.29. The molecule has 2 heterocycles. The summed E-state index contributed by atoms with van der Waals surface area (Å²) in [5, 5.41) is 1.24. The number of anilines is 2. The molecule has 0 saturated carbocycles. The Morgan fingerprint density at radius 3 is 2.68 bits per heavy atom. The molecule has 0 amide bonds. The maximum absolute atomic E-state index is 4.09. The predicted molar refractivity (Wildman–Crippen MR) is 79.8 cm³/mol. The molecule has 0 spiro atoms. The van der Waals surface area contributed by atoms with E-state index in [4.69, 9.17) is 0 Å². The van der Waals surface area contributed by atoms with E-state index in [1.807, 2.05) is 18.6 Å². The van der Waals surface area contributed by atoms with Gasteiger partial charge in [-0.25, -0.2) is 0 Å². The van der Waals surface area contributed by atoms with Crippen LogP contribution in [0.1, 0.15) is 13.3 Å². The van der Waals surface area contributed by atoms with Gasteiger partial charge in [0, 0.05) is 47.4 Å². The van der Waals surface area contributed by atoms with Crippen LogP contribution in [0.4, 0.5) is 11.4 Å². The van der Waals surface area contributed by atoms with Crippen LogP contribution in [0.5, 0.6) is 0 Å². The third kappa shape index (κ3) is 2.32. The molecule has 19 heavy (non-hydrogen) atoms. The molecule has 3 rings (SSSR count). The molecule has 0 radical (unpaired) electrons. The van der Waals surface area contributed by atoms with Gasteiger partial charge in [0.2, 0.25) is 0 Å². The Bertz CT molecular complexity index is 658. The van der Waals surface area contributed by atoms with Crippen molar-refractivity contribution >= 4 is 22.3 Å². The quantitative estimate of drug-likeness (QED) is 0.756. The van der Waals surface area contributed by atoms with Crippen molar-refractivity contribution in [1.82, 2.24) is 9.97 Å². The summed E-state index contributed by atoms with van der Waals surface area (Å²) in [6, 6.07) is 12.7. The van der Waals surface area contributed by atoms with Crippen LogP contribution in [0, 0.1) is 0 Å². The van der Waals surface area contributed by atoms with Crippen LogP contribution in [0.3, 0.4) is 0 Å². The van der Waals surface area contributed by atoms with Gasteiger partial charge in [-0.15, -0.1) is 0 Å². The Morgan fingerprint density at radius 1 is 1.05 bits per heavy atom. The minimum atomic E-state index is 1.000. The first-order valence-electron chi connectivity index (χ1n) is 6.63. The number of aromatic nitrogens is 2. The predicted octanol–water partition coefficient (Wildman–Crippen LogP) is 4.11. The van der Waals surface area contributed by atoms with Crippen LogP contribution >= 0.6 is 0 Å². The minimum Gasteiger partial charge on any atom is -0.361 e. The van der Waals surface area contributed by atoms with E-state index in [2.05, 4.69) is 58.2 Å². The summed E-state index contributed by atoms with van der Waals surface area (Å²) >= 11 is 0. The van der Waals surface area contributed by atoms with Crippen LogP contribution < -0.4 is 4.90 Å². The van der Waals surface area contributed by atoms with Crippen LogP contribution in [0.25, 0.3) is 10.9 Å². The Morgan fingerprint density at radius 2 is 1.89 bits per heavy atom. The van der Waals surface area contributed by atoms with Crippen molar-refractivity contribution in [2.75, 3.05) is 11.4 Å². The van der Waals surface area contributed by atoms with Crippen LogP contribution in [0.2, 0.25) is 0 Å². The van der Waals surface area contributed by atoms with Gasteiger partial charge in [0.05, 0.1) is 0 Å². The number of nitrogens with zero attached hydrogens (tertiary/aromatic N) is 2. The highest BCUT2D eigenvalue weighted by Crippen LogP contribution is 2.27. The van der Waals surface area contributed by atoms with Gasteiger partial charge in [0.25, 0.3) is 0 Å². The highest BCUT2D eigenvalue weighted by molar-refractivity contribution is 5.84. The summed E-state index contributed by atoms with van der Waals surface area (Å²) in [7, 11) is 0. The third-order valence-corrected chi connectivity index (χ3v) is 3.27. The topological polar surface area (TPSA) is 31.9 Å². The Balaban J connectivity index is 2.03. The van der Waals surface area contributed by atoms with E-state index in [-0.39, 0.29) is 0 Å². The number of H-pyrrole nitrogens is 1. The fraction of sp³-hybridized carbons (Fsp3) is 0.188. The molecule has 0 aliphatic heterocycles. The van der Waals surface area contributed by atoms with Crippen LogP contribution in [0.15, 0.2) is 55.0 Å². The zero-order valence-corrected chi connectivity index (χ0v) is 11.0. The van der Waals surface area contributed by atoms with Crippen molar-refractivity contribution in [1.29, 1.82) is 0 Å². The average molecular weight is 251 g/mol. The van der Waals surface area contributed by atoms with Gasteiger partial charge in [-0.05, 0) is 42.8 Å². The minimum absolute atomic E-state index is 1.000. The SMILES string of the molecule is CCCN(c1ccncc1)c1ccc2[nH]ccc2c1. The second-order valence-corrected chi connectivity index (χ2v) is 4.61. The number of benzene rings is 1. The van der Waals surface area contributed by atoms with Crippen molar-refractivity contribution in [2.45, 2.75) is 13.3 Å². The fourth-order valence-corrected chi connectivity index (χ4v) is 2.36. The van der Waals surface area contributed by atoms with E-state index in [1.165, 1.54) is 22.3 Å². The summed E-state index contributed by atoms with van der Waals surface area (Å²) in [5.41, 5.74) is 3.59. The molecule has 0 saturated heterocycles. The first kappa shape index (κ1) is 11.8. The lowest BCUT2D eigenvalue weighted by atomic mass is 10.2. The average Bonchev–Trinajstić information content (AvgIpc) is 2.93. The van der Waals surface area contributed by atoms with Gasteiger partial charge in [0.1, 0.15) is 0 Å². The van der Waals surface area contributed by atoms with E-state index in [1.54, 1.807) is 0 Å². The van der Waals surface area contributed by atoms with Crippen molar-refractivity contribution in [3.63, 3.8) is 0 Å². The second kappa shape index (κ2) is 5.14. The Labute approximate surface area is 112 Å². The molecule has 0 atom stereocenters. The molecule has 3 aromatic rings. The second-order valence-electron chi connectivity index (χ2n) is 4.61. The van der Waals surface area contributed by atoms with E-state index in [9.17, 15) is 0 Å². The van der Waals surface area contributed by atoms with Gasteiger partial charge >= 0.3 is 0 Å². The fourth-order valence-electron chi connectivity index (χ4n) is 2.36. The first-order chi connectivity index (χ1) is 9.38. The van der Waals surface area contributed by atoms with E-state index in [0.29, 0.717) is 0 Å². The number of pyridine rings is 1. The lowest BCUT2D eigenvalue weighted by Gasteiger charge is -2.24. The molecular weight excluding hydrogens is 234 g/mol. The molecule has 0 unspecified atom stereocenters. The Kier molecular flexibility index (Phi) is 3.19. The summed E-state index contributed by atoms with van der Waals surface area (Å²) in [6.45, 7) is 3.20. The van der Waals surface area contributed by atoms with Crippen molar-refractivity contribution in [3.05, 3.63) is 55.0 Å². The number of rotatable bonds is 4. The van der Waals surface area contributed by atoms with E-state index < -0.39 is 0 Å². The van der Waals surface area contributed by atoms with Crippen LogP contribution in [-0.2, 0) is 0 Å². The van der Waals surface area contributed by atoms with Crippen molar-refractivity contribution in [2.24, 2.45) is 0 Å². The largest absolute Gasteiger partial charge is 0.361 e. The number of aromatic amines is 1. The molecule has 0 bridgehead atoms. The summed E-state index contributed by atoms with van der Waals surface area (Å²) < 4.78 is 0. The van der Waals surface area contributed by atoms with E-state index in [0.717, 1.165) is 13.0 Å². The van der Waals surface area contributed by atoms with E-state index >= 15 is 0 Å². The molecule has 0 aliphatic rings. The number of fused-ring (bicyclic) bond motifs is 1. The molecule has 1 N–H and O–H groups in total. The van der Waals surface area contributed by atoms with Crippen LogP contribution in [-0.4, -0.2) is 16.5 Å². The lowest BCUT2D eigenvalue weighted by molar-refractivity contribution is 0.885. The maximum atomic E-state index is 4.09. The van der Waals surface area contributed by atoms with Gasteiger partial charge in [-0.3, -0.25) is 4.98 Å². The van der Waals surface area contributed by atoms with Gasteiger partial charge in [-0.1, -0.05) is 6.92 Å². The zero-order valence-electron chi connectivity index (χ0n) is 11.0. The molecule has 3 heteroatoms. The lowest BCUT2D eigenvalue weighted by Crippen LogP contribution is -2.17. The highest BCUT2D eigenvalue weighted by atomic mass is 15.1. The monoisotopic (exact) mass is 251 g/mol. The standard InChI is InChI=1S/C16H17N3/c1-2-11-19(14-6-8-17-9-7-14)15-3-4-16-13(12-15)5-10-18-16/h3-10,12,18H,2,11H2,1H3. The summed E-state index contributed by atoms with van der Waals surface area (Å²) in [4.78, 5) is 9.65. The summed E-state index contributed by atoms with van der Waals surface area (Å²) in [6.07, 6.45) is 6.76. The first-order valence-corrected chi connectivity index (χ1v) is 6.63. The molecule has 0 fully saturated rings. The van der Waals surface area contributed by atoms with Gasteiger partial charge < -0.3 is 9.88 Å². The van der Waals surface area contributed by atoms with Crippen molar-refractivity contribution < 1.29 is 0 Å².